The molecule has 0 aromatic carbocycles. The largest absolute Gasteiger partial charge is 0.468 e. The normalized spacial score (nSPS) is 12.8. The van der Waals surface area contributed by atoms with E-state index in [4.69, 9.17) is 4.74 Å². The van der Waals surface area contributed by atoms with Gasteiger partial charge in [0.15, 0.2) is 0 Å². The molecule has 0 aliphatic heterocycles. The molecule has 0 amide bonds. The van der Waals surface area contributed by atoms with E-state index in [1.165, 1.54) is 7.11 Å². The second-order valence-electron chi connectivity index (χ2n) is 4.21. The van der Waals surface area contributed by atoms with E-state index >= 15 is 0 Å². The van der Waals surface area contributed by atoms with Crippen LogP contribution in [0.2, 0.25) is 0 Å². The summed E-state index contributed by atoms with van der Waals surface area (Å²) in [5, 5.41) is 3.27. The Morgan fingerprint density at radius 1 is 1.44 bits per heavy atom. The van der Waals surface area contributed by atoms with Crippen molar-refractivity contribution in [3.63, 3.8) is 0 Å². The molecule has 0 saturated carbocycles. The van der Waals surface area contributed by atoms with Crippen LogP contribution in [0.3, 0.4) is 0 Å². The fraction of sp³-hybridized carbons (Fsp3) is 0.917. The van der Waals surface area contributed by atoms with Crippen molar-refractivity contribution in [3.05, 3.63) is 0 Å². The molecular formula is C12H25NO2S. The highest BCUT2D eigenvalue weighted by atomic mass is 32.2. The Balaban J connectivity index is 3.79. The van der Waals surface area contributed by atoms with Crippen LogP contribution in [-0.2, 0) is 9.53 Å². The smallest absolute Gasteiger partial charge is 0.322 e. The minimum Gasteiger partial charge on any atom is -0.468 e. The highest BCUT2D eigenvalue weighted by Crippen LogP contribution is 2.06. The summed E-state index contributed by atoms with van der Waals surface area (Å²) in [5.41, 5.74) is 0. The lowest BCUT2D eigenvalue weighted by molar-refractivity contribution is -0.143. The first kappa shape index (κ1) is 15.8. The first-order chi connectivity index (χ1) is 7.61. The Hall–Kier alpha value is -0.220. The van der Waals surface area contributed by atoms with Crippen molar-refractivity contribution in [2.45, 2.75) is 39.7 Å². The Morgan fingerprint density at radius 2 is 2.12 bits per heavy atom. The van der Waals surface area contributed by atoms with Crippen molar-refractivity contribution in [1.82, 2.24) is 5.32 Å². The van der Waals surface area contributed by atoms with E-state index in [0.29, 0.717) is 5.92 Å². The van der Waals surface area contributed by atoms with Gasteiger partial charge in [0.1, 0.15) is 6.04 Å². The number of carbonyl (C=O) groups is 1. The van der Waals surface area contributed by atoms with Crippen molar-refractivity contribution in [2.75, 3.05) is 25.2 Å². The lowest BCUT2D eigenvalue weighted by atomic mass is 10.0. The molecule has 0 aromatic heterocycles. The van der Waals surface area contributed by atoms with Crippen molar-refractivity contribution in [2.24, 2.45) is 5.92 Å². The van der Waals surface area contributed by atoms with Crippen LogP contribution in [0.5, 0.6) is 0 Å². The highest BCUT2D eigenvalue weighted by Gasteiger charge is 2.19. The van der Waals surface area contributed by atoms with E-state index in [9.17, 15) is 4.79 Å². The van der Waals surface area contributed by atoms with Gasteiger partial charge in [0.2, 0.25) is 0 Å². The molecule has 4 heteroatoms. The zero-order valence-electron chi connectivity index (χ0n) is 10.9. The molecule has 0 aromatic rings. The molecule has 0 saturated heterocycles. The van der Waals surface area contributed by atoms with Crippen LogP contribution in [0.4, 0.5) is 0 Å². The van der Waals surface area contributed by atoms with Gasteiger partial charge in [-0.05, 0) is 36.8 Å². The summed E-state index contributed by atoms with van der Waals surface area (Å²) in [6.45, 7) is 7.28. The number of hydrogen-bond acceptors (Lipinski definition) is 4. The zero-order valence-corrected chi connectivity index (χ0v) is 11.7. The van der Waals surface area contributed by atoms with Gasteiger partial charge in [0.05, 0.1) is 7.11 Å². The predicted molar refractivity (Wildman–Crippen MR) is 70.9 cm³/mol. The van der Waals surface area contributed by atoms with Crippen molar-refractivity contribution >= 4 is 17.7 Å². The monoisotopic (exact) mass is 247 g/mol. The third-order valence-corrected chi connectivity index (χ3v) is 3.24. The van der Waals surface area contributed by atoms with E-state index in [2.05, 4.69) is 26.1 Å². The zero-order chi connectivity index (χ0) is 12.4. The Labute approximate surface area is 104 Å². The molecule has 0 radical (unpaired) electrons. The van der Waals surface area contributed by atoms with Crippen molar-refractivity contribution in [1.29, 1.82) is 0 Å². The molecule has 1 atom stereocenters. The fourth-order valence-corrected chi connectivity index (χ4v) is 2.11. The molecule has 0 bridgehead atoms. The van der Waals surface area contributed by atoms with E-state index in [1.807, 2.05) is 11.8 Å². The third-order valence-electron chi connectivity index (χ3n) is 2.25. The van der Waals surface area contributed by atoms with E-state index < -0.39 is 0 Å². The number of nitrogens with one attached hydrogen (secondary N) is 1. The average molecular weight is 247 g/mol. The molecule has 0 heterocycles. The summed E-state index contributed by atoms with van der Waals surface area (Å²) >= 11 is 1.93. The van der Waals surface area contributed by atoms with Crippen molar-refractivity contribution in [3.8, 4) is 0 Å². The fourth-order valence-electron chi connectivity index (χ4n) is 1.47. The predicted octanol–water partition coefficient (Wildman–Crippen LogP) is 2.31. The van der Waals surface area contributed by atoms with E-state index in [1.54, 1.807) is 0 Å². The number of thioether (sulfide) groups is 1. The second-order valence-corrected chi connectivity index (χ2v) is 5.60. The lowest BCUT2D eigenvalue weighted by Crippen LogP contribution is -2.39. The van der Waals surface area contributed by atoms with E-state index in [-0.39, 0.29) is 12.0 Å². The van der Waals surface area contributed by atoms with Gasteiger partial charge in [-0.15, -0.1) is 0 Å². The highest BCUT2D eigenvalue weighted by molar-refractivity contribution is 7.99. The number of esters is 1. The molecule has 0 aliphatic carbocycles. The maximum atomic E-state index is 11.5. The molecule has 0 fully saturated rings. The Morgan fingerprint density at radius 3 is 2.62 bits per heavy atom. The molecular weight excluding hydrogens is 222 g/mol. The van der Waals surface area contributed by atoms with Gasteiger partial charge >= 0.3 is 5.97 Å². The lowest BCUT2D eigenvalue weighted by Gasteiger charge is -2.18. The van der Waals surface area contributed by atoms with Crippen LogP contribution in [0.15, 0.2) is 0 Å². The van der Waals surface area contributed by atoms with Crippen LogP contribution in [0.1, 0.15) is 33.6 Å². The molecule has 0 rings (SSSR count). The van der Waals surface area contributed by atoms with Gasteiger partial charge in [-0.2, -0.15) is 11.8 Å². The first-order valence-electron chi connectivity index (χ1n) is 6.00. The molecule has 96 valence electrons. The maximum Gasteiger partial charge on any atom is 0.322 e. The quantitative estimate of drug-likeness (QED) is 0.501. The SMILES string of the molecule is CCSCCCNC(CC(C)C)C(=O)OC. The number of methoxy groups -OCH3 is 1. The average Bonchev–Trinajstić information content (AvgIpc) is 2.25. The topological polar surface area (TPSA) is 38.3 Å². The standard InChI is InChI=1S/C12H25NO2S/c1-5-16-8-6-7-13-11(9-10(2)3)12(14)15-4/h10-11,13H,5-9H2,1-4H3. The van der Waals surface area contributed by atoms with E-state index in [0.717, 1.165) is 30.9 Å². The minimum atomic E-state index is -0.142. The summed E-state index contributed by atoms with van der Waals surface area (Å²) in [6.07, 6.45) is 1.94. The summed E-state index contributed by atoms with van der Waals surface area (Å²) in [6, 6.07) is -0.142. The number of carbonyl (C=O) groups excluding carboxylic acids is 1. The van der Waals surface area contributed by atoms with Crippen LogP contribution >= 0.6 is 11.8 Å². The molecule has 0 spiro atoms. The Kier molecular flexibility index (Phi) is 9.83. The summed E-state index contributed by atoms with van der Waals surface area (Å²) in [5.74, 6) is 2.67. The number of rotatable bonds is 9. The first-order valence-corrected chi connectivity index (χ1v) is 7.16. The van der Waals surface area contributed by atoms with Crippen LogP contribution in [0, 0.1) is 5.92 Å². The number of hydrogen-bond donors (Lipinski definition) is 1. The number of ether oxygens (including phenoxy) is 1. The summed E-state index contributed by atoms with van der Waals surface area (Å²) in [7, 11) is 1.45. The van der Waals surface area contributed by atoms with Gasteiger partial charge in [0, 0.05) is 0 Å². The minimum absolute atomic E-state index is 0.142. The second kappa shape index (κ2) is 9.97. The van der Waals surface area contributed by atoms with Gasteiger partial charge in [-0.1, -0.05) is 20.8 Å². The molecule has 16 heavy (non-hydrogen) atoms. The Bertz CT molecular complexity index is 186. The van der Waals surface area contributed by atoms with Gasteiger partial charge in [-0.25, -0.2) is 0 Å². The molecule has 0 aliphatic rings. The summed E-state index contributed by atoms with van der Waals surface area (Å²) < 4.78 is 4.78. The molecule has 1 unspecified atom stereocenters. The maximum absolute atomic E-state index is 11.5. The molecule has 1 N–H and O–H groups in total. The van der Waals surface area contributed by atoms with Crippen molar-refractivity contribution < 1.29 is 9.53 Å². The third kappa shape index (κ3) is 7.99. The van der Waals surface area contributed by atoms with Gasteiger partial charge in [0.25, 0.3) is 0 Å². The van der Waals surface area contributed by atoms with Gasteiger partial charge in [-0.3, -0.25) is 4.79 Å². The van der Waals surface area contributed by atoms with Crippen LogP contribution < -0.4 is 5.32 Å². The molecule has 3 nitrogen and oxygen atoms in total. The summed E-state index contributed by atoms with van der Waals surface area (Å²) in [4.78, 5) is 11.5. The van der Waals surface area contributed by atoms with Gasteiger partial charge < -0.3 is 10.1 Å². The van der Waals surface area contributed by atoms with Crippen LogP contribution in [0.25, 0.3) is 0 Å². The van der Waals surface area contributed by atoms with Crippen LogP contribution in [-0.4, -0.2) is 37.2 Å².